The monoisotopic (exact) mass is 222 g/mol. The smallest absolute Gasteiger partial charge is 0.0931 e. The molecule has 3 heteroatoms. The van der Waals surface area contributed by atoms with Crippen LogP contribution in [0.3, 0.4) is 0 Å². The van der Waals surface area contributed by atoms with Crippen LogP contribution in [0, 0.1) is 0 Å². The van der Waals surface area contributed by atoms with Gasteiger partial charge in [-0.05, 0) is 31.4 Å². The fraction of sp³-hybridized carbons (Fsp3) is 0.556. The minimum Gasteiger partial charge on any atom is -0.128 e. The molecule has 1 aromatic heterocycles. The molecule has 0 fully saturated rings. The summed E-state index contributed by atoms with van der Waals surface area (Å²) in [6.07, 6.45) is 4.72. The van der Waals surface area contributed by atoms with Gasteiger partial charge in [0.25, 0.3) is 0 Å². The molecule has 0 bridgehead atoms. The Morgan fingerprint density at radius 3 is 2.58 bits per heavy atom. The zero-order valence-corrected chi connectivity index (χ0v) is 9.18. The van der Waals surface area contributed by atoms with Crippen LogP contribution in [-0.4, -0.2) is 5.88 Å². The fourth-order valence-corrected chi connectivity index (χ4v) is 2.37. The Labute approximate surface area is 87.5 Å². The van der Waals surface area contributed by atoms with Crippen LogP contribution in [0.2, 0.25) is 4.34 Å². The molecule has 0 saturated carbocycles. The van der Waals surface area contributed by atoms with Gasteiger partial charge in [-0.3, -0.25) is 0 Å². The largest absolute Gasteiger partial charge is 0.128 e. The summed E-state index contributed by atoms with van der Waals surface area (Å²) in [4.78, 5) is 1.38. The second-order valence-electron chi connectivity index (χ2n) is 2.71. The maximum Gasteiger partial charge on any atom is 0.0931 e. The number of rotatable bonds is 5. The standard InChI is InChI=1S/C9H12Cl2S/c10-7-3-1-2-4-8-5-6-9(11)12-8/h5-6H,1-4,7H2. The van der Waals surface area contributed by atoms with Crippen LogP contribution in [0.15, 0.2) is 12.1 Å². The number of thiophene rings is 1. The molecule has 1 aromatic rings. The molecule has 0 aromatic carbocycles. The summed E-state index contributed by atoms with van der Waals surface area (Å²) in [5, 5.41) is 0. The van der Waals surface area contributed by atoms with E-state index in [4.69, 9.17) is 23.2 Å². The predicted octanol–water partition coefficient (Wildman–Crippen LogP) is 4.35. The van der Waals surface area contributed by atoms with Crippen molar-refractivity contribution in [2.45, 2.75) is 25.7 Å². The van der Waals surface area contributed by atoms with Crippen molar-refractivity contribution in [2.75, 3.05) is 5.88 Å². The molecule has 0 aliphatic carbocycles. The molecule has 0 aliphatic heterocycles. The molecule has 0 N–H and O–H groups in total. The fourth-order valence-electron chi connectivity index (χ4n) is 1.06. The lowest BCUT2D eigenvalue weighted by atomic mass is 10.2. The van der Waals surface area contributed by atoms with Crippen LogP contribution >= 0.6 is 34.5 Å². The van der Waals surface area contributed by atoms with Gasteiger partial charge in [0.15, 0.2) is 0 Å². The van der Waals surface area contributed by atoms with Crippen molar-refractivity contribution >= 4 is 34.5 Å². The van der Waals surface area contributed by atoms with E-state index in [1.165, 1.54) is 17.7 Å². The van der Waals surface area contributed by atoms with Crippen molar-refractivity contribution in [3.8, 4) is 0 Å². The Balaban J connectivity index is 2.15. The molecule has 12 heavy (non-hydrogen) atoms. The van der Waals surface area contributed by atoms with Crippen LogP contribution in [0.25, 0.3) is 0 Å². The van der Waals surface area contributed by atoms with Crippen LogP contribution in [0.5, 0.6) is 0 Å². The van der Waals surface area contributed by atoms with E-state index in [9.17, 15) is 0 Å². The van der Waals surface area contributed by atoms with Crippen LogP contribution in [0.4, 0.5) is 0 Å². The van der Waals surface area contributed by atoms with Gasteiger partial charge in [0, 0.05) is 10.8 Å². The first-order valence-corrected chi connectivity index (χ1v) is 5.86. The van der Waals surface area contributed by atoms with Gasteiger partial charge in [-0.15, -0.1) is 22.9 Å². The van der Waals surface area contributed by atoms with Crippen molar-refractivity contribution in [3.63, 3.8) is 0 Å². The summed E-state index contributed by atoms with van der Waals surface area (Å²) in [5.41, 5.74) is 0. The Morgan fingerprint density at radius 2 is 2.00 bits per heavy atom. The highest BCUT2D eigenvalue weighted by Crippen LogP contribution is 2.22. The van der Waals surface area contributed by atoms with Crippen molar-refractivity contribution in [3.05, 3.63) is 21.3 Å². The van der Waals surface area contributed by atoms with Gasteiger partial charge < -0.3 is 0 Å². The van der Waals surface area contributed by atoms with E-state index in [-0.39, 0.29) is 0 Å². The molecular weight excluding hydrogens is 211 g/mol. The minimum atomic E-state index is 0.783. The average Bonchev–Trinajstić information content (AvgIpc) is 2.45. The van der Waals surface area contributed by atoms with E-state index in [1.54, 1.807) is 11.3 Å². The highest BCUT2D eigenvalue weighted by atomic mass is 35.5. The highest BCUT2D eigenvalue weighted by Gasteiger charge is 1.96. The first kappa shape index (κ1) is 10.4. The summed E-state index contributed by atoms with van der Waals surface area (Å²) in [6, 6.07) is 4.07. The third-order valence-corrected chi connectivity index (χ3v) is 3.24. The first-order valence-electron chi connectivity index (χ1n) is 4.13. The molecule has 0 atom stereocenters. The second-order valence-corrected chi connectivity index (χ2v) is 4.88. The number of unbranched alkanes of at least 4 members (excludes halogenated alkanes) is 2. The maximum absolute atomic E-state index is 5.80. The van der Waals surface area contributed by atoms with E-state index in [1.807, 2.05) is 6.07 Å². The van der Waals surface area contributed by atoms with E-state index >= 15 is 0 Å². The lowest BCUT2D eigenvalue weighted by molar-refractivity contribution is 0.726. The molecule has 68 valence electrons. The van der Waals surface area contributed by atoms with Crippen LogP contribution in [-0.2, 0) is 6.42 Å². The number of hydrogen-bond donors (Lipinski definition) is 0. The lowest BCUT2D eigenvalue weighted by Crippen LogP contribution is -1.81. The van der Waals surface area contributed by atoms with E-state index < -0.39 is 0 Å². The number of aryl methyl sites for hydroxylation is 1. The SMILES string of the molecule is ClCCCCCc1ccc(Cl)s1. The molecule has 0 aliphatic rings. The Kier molecular flexibility index (Phi) is 5.05. The molecule has 1 rings (SSSR count). The van der Waals surface area contributed by atoms with Crippen molar-refractivity contribution in [1.29, 1.82) is 0 Å². The normalized spacial score (nSPS) is 10.5. The molecule has 0 spiro atoms. The van der Waals surface area contributed by atoms with Gasteiger partial charge in [0.1, 0.15) is 0 Å². The molecule has 0 radical (unpaired) electrons. The summed E-state index contributed by atoms with van der Waals surface area (Å²) in [7, 11) is 0. The average molecular weight is 223 g/mol. The Morgan fingerprint density at radius 1 is 1.17 bits per heavy atom. The number of alkyl halides is 1. The van der Waals surface area contributed by atoms with Gasteiger partial charge in [0.2, 0.25) is 0 Å². The maximum atomic E-state index is 5.80. The summed E-state index contributed by atoms with van der Waals surface area (Å²) in [6.45, 7) is 0. The molecule has 0 amide bonds. The Hall–Kier alpha value is 0.280. The lowest BCUT2D eigenvalue weighted by Gasteiger charge is -1.95. The third kappa shape index (κ3) is 3.79. The third-order valence-electron chi connectivity index (χ3n) is 1.69. The summed E-state index contributed by atoms with van der Waals surface area (Å²) >= 11 is 13.0. The van der Waals surface area contributed by atoms with E-state index in [2.05, 4.69) is 6.07 Å². The van der Waals surface area contributed by atoms with Crippen LogP contribution < -0.4 is 0 Å². The van der Waals surface area contributed by atoms with Gasteiger partial charge >= 0.3 is 0 Å². The first-order chi connectivity index (χ1) is 5.83. The molecule has 0 unspecified atom stereocenters. The molecule has 1 heterocycles. The zero-order valence-electron chi connectivity index (χ0n) is 6.85. The summed E-state index contributed by atoms with van der Waals surface area (Å²) in [5.74, 6) is 0.783. The second kappa shape index (κ2) is 5.85. The van der Waals surface area contributed by atoms with Gasteiger partial charge in [0.05, 0.1) is 4.34 Å². The van der Waals surface area contributed by atoms with Crippen LogP contribution in [0.1, 0.15) is 24.1 Å². The molecule has 0 nitrogen and oxygen atoms in total. The minimum absolute atomic E-state index is 0.783. The van der Waals surface area contributed by atoms with Crippen molar-refractivity contribution < 1.29 is 0 Å². The van der Waals surface area contributed by atoms with Gasteiger partial charge in [-0.25, -0.2) is 0 Å². The topological polar surface area (TPSA) is 0 Å². The highest BCUT2D eigenvalue weighted by molar-refractivity contribution is 7.16. The number of hydrogen-bond acceptors (Lipinski definition) is 1. The molecule has 0 saturated heterocycles. The summed E-state index contributed by atoms with van der Waals surface area (Å²) < 4.78 is 0.891. The van der Waals surface area contributed by atoms with Gasteiger partial charge in [-0.1, -0.05) is 18.0 Å². The number of halogens is 2. The van der Waals surface area contributed by atoms with E-state index in [0.717, 1.165) is 23.1 Å². The Bertz CT molecular complexity index is 220. The van der Waals surface area contributed by atoms with Crippen molar-refractivity contribution in [1.82, 2.24) is 0 Å². The zero-order chi connectivity index (χ0) is 8.81. The van der Waals surface area contributed by atoms with Crippen molar-refractivity contribution in [2.24, 2.45) is 0 Å². The van der Waals surface area contributed by atoms with Gasteiger partial charge in [-0.2, -0.15) is 0 Å². The predicted molar refractivity (Wildman–Crippen MR) is 57.6 cm³/mol. The quantitative estimate of drug-likeness (QED) is 0.514. The van der Waals surface area contributed by atoms with E-state index in [0.29, 0.717) is 0 Å². The molecular formula is C9H12Cl2S.